The molecule has 0 bridgehead atoms. The highest BCUT2D eigenvalue weighted by molar-refractivity contribution is 7.89. The second-order valence-electron chi connectivity index (χ2n) is 8.04. The number of amides is 1. The fraction of sp³-hybridized carbons (Fsp3) is 0.632. The zero-order valence-electron chi connectivity index (χ0n) is 15.5. The van der Waals surface area contributed by atoms with Crippen molar-refractivity contribution in [3.63, 3.8) is 0 Å². The predicted molar refractivity (Wildman–Crippen MR) is 109 cm³/mol. The van der Waals surface area contributed by atoms with Gasteiger partial charge in [-0.1, -0.05) is 36.0 Å². The first-order valence-corrected chi connectivity index (χ1v) is 11.9. The monoisotopic (exact) mass is 450 g/mol. The molecule has 0 heterocycles. The van der Waals surface area contributed by atoms with E-state index in [4.69, 9.17) is 23.2 Å². The molecule has 0 unspecified atom stereocenters. The second kappa shape index (κ2) is 8.86. The van der Waals surface area contributed by atoms with Crippen molar-refractivity contribution < 1.29 is 17.6 Å². The molecule has 1 amide bonds. The van der Waals surface area contributed by atoms with E-state index in [0.29, 0.717) is 40.9 Å². The fourth-order valence-electron chi connectivity index (χ4n) is 3.98. The summed E-state index contributed by atoms with van der Waals surface area (Å²) < 4.78 is 38.9. The van der Waals surface area contributed by atoms with Crippen molar-refractivity contribution in [1.82, 2.24) is 10.0 Å². The summed E-state index contributed by atoms with van der Waals surface area (Å²) >= 11 is 12.0. The number of hydrogen-bond acceptors (Lipinski definition) is 3. The molecule has 2 saturated carbocycles. The number of hydrogen-bond donors (Lipinski definition) is 2. The minimum Gasteiger partial charge on any atom is -0.351 e. The summed E-state index contributed by atoms with van der Waals surface area (Å²) in [6, 6.07) is 4.59. The SMILES string of the molecule is O=C(NC[C@]1(CC2CC2)C[C@@H](NS(=O)(=O)CCCF)C1)c1ccc(Cl)cc1Cl. The van der Waals surface area contributed by atoms with E-state index < -0.39 is 16.7 Å². The quantitative estimate of drug-likeness (QED) is 0.566. The van der Waals surface area contributed by atoms with Gasteiger partial charge >= 0.3 is 0 Å². The van der Waals surface area contributed by atoms with Crippen LogP contribution in [-0.2, 0) is 10.0 Å². The molecule has 0 aromatic heterocycles. The Labute approximate surface area is 175 Å². The number of carbonyl (C=O) groups excluding carboxylic acids is 1. The lowest BCUT2D eigenvalue weighted by atomic mass is 9.63. The summed E-state index contributed by atoms with van der Waals surface area (Å²) in [6.45, 7) is -0.166. The van der Waals surface area contributed by atoms with Gasteiger partial charge in [0, 0.05) is 17.6 Å². The molecule has 0 saturated heterocycles. The molecule has 2 N–H and O–H groups in total. The third-order valence-corrected chi connectivity index (χ3v) is 7.54. The summed E-state index contributed by atoms with van der Waals surface area (Å²) in [5.41, 5.74) is 0.263. The van der Waals surface area contributed by atoms with Crippen LogP contribution in [0.5, 0.6) is 0 Å². The Morgan fingerprint density at radius 2 is 1.96 bits per heavy atom. The number of alkyl halides is 1. The van der Waals surface area contributed by atoms with Gasteiger partial charge in [0.25, 0.3) is 5.91 Å². The largest absolute Gasteiger partial charge is 0.351 e. The molecular weight excluding hydrogens is 426 g/mol. The normalized spacial score (nSPS) is 24.6. The molecule has 2 aliphatic carbocycles. The van der Waals surface area contributed by atoms with Gasteiger partial charge < -0.3 is 5.32 Å². The molecule has 0 atom stereocenters. The maximum atomic E-state index is 12.5. The van der Waals surface area contributed by atoms with Crippen molar-refractivity contribution in [2.75, 3.05) is 19.0 Å². The summed E-state index contributed by atoms with van der Waals surface area (Å²) in [4.78, 5) is 12.5. The number of nitrogens with one attached hydrogen (secondary N) is 2. The van der Waals surface area contributed by atoms with E-state index in [1.54, 1.807) is 12.1 Å². The van der Waals surface area contributed by atoms with Crippen LogP contribution in [0.3, 0.4) is 0 Å². The van der Waals surface area contributed by atoms with Crippen LogP contribution in [0.1, 0.15) is 48.9 Å². The Hall–Kier alpha value is -0.890. The Bertz CT molecular complexity index is 824. The average molecular weight is 451 g/mol. The van der Waals surface area contributed by atoms with Gasteiger partial charge in [-0.05, 0) is 55.2 Å². The number of carbonyl (C=O) groups is 1. The highest BCUT2D eigenvalue weighted by atomic mass is 35.5. The summed E-state index contributed by atoms with van der Waals surface area (Å²) in [7, 11) is -3.46. The van der Waals surface area contributed by atoms with Crippen LogP contribution in [0.2, 0.25) is 10.0 Å². The molecule has 0 radical (unpaired) electrons. The number of sulfonamides is 1. The predicted octanol–water partition coefficient (Wildman–Crippen LogP) is 3.95. The minimum absolute atomic E-state index is 0.00712. The van der Waals surface area contributed by atoms with E-state index in [9.17, 15) is 17.6 Å². The summed E-state index contributed by atoms with van der Waals surface area (Å²) in [5.74, 6) is 0.200. The van der Waals surface area contributed by atoms with Crippen molar-refractivity contribution in [2.24, 2.45) is 11.3 Å². The van der Waals surface area contributed by atoms with Crippen LogP contribution in [0.4, 0.5) is 4.39 Å². The maximum Gasteiger partial charge on any atom is 0.252 e. The average Bonchev–Trinajstić information content (AvgIpc) is 3.40. The van der Waals surface area contributed by atoms with Crippen molar-refractivity contribution >= 4 is 39.1 Å². The Balaban J connectivity index is 1.57. The standard InChI is InChI=1S/C19H25Cl2FN2O3S/c20-14-4-5-16(17(21)8-14)18(25)23-12-19(9-13-2-3-13)10-15(11-19)24-28(26,27)7-1-6-22/h4-5,8,13,15,24H,1-3,6-7,9-12H2,(H,23,25)/t15-,19-. The van der Waals surface area contributed by atoms with E-state index in [0.717, 1.165) is 6.42 Å². The smallest absolute Gasteiger partial charge is 0.252 e. The first-order valence-electron chi connectivity index (χ1n) is 9.51. The first-order chi connectivity index (χ1) is 13.2. The Morgan fingerprint density at radius 3 is 2.57 bits per heavy atom. The van der Waals surface area contributed by atoms with Gasteiger partial charge in [0.1, 0.15) is 0 Å². The topological polar surface area (TPSA) is 75.3 Å². The maximum absolute atomic E-state index is 12.5. The molecule has 9 heteroatoms. The van der Waals surface area contributed by atoms with Crippen LogP contribution < -0.4 is 10.0 Å². The molecule has 1 aromatic rings. The molecule has 0 spiro atoms. The second-order valence-corrected chi connectivity index (χ2v) is 10.8. The van der Waals surface area contributed by atoms with Crippen molar-refractivity contribution in [1.29, 1.82) is 0 Å². The van der Waals surface area contributed by atoms with E-state index in [-0.39, 0.29) is 29.5 Å². The van der Waals surface area contributed by atoms with Gasteiger partial charge in [-0.25, -0.2) is 13.1 Å². The fourth-order valence-corrected chi connectivity index (χ4v) is 5.76. The molecular formula is C19H25Cl2FN2O3S. The zero-order valence-corrected chi connectivity index (χ0v) is 17.8. The molecule has 2 aliphatic rings. The van der Waals surface area contributed by atoms with Gasteiger partial charge in [0.2, 0.25) is 10.0 Å². The molecule has 0 aliphatic heterocycles. The van der Waals surface area contributed by atoms with E-state index in [1.165, 1.54) is 18.9 Å². The van der Waals surface area contributed by atoms with Crippen molar-refractivity contribution in [3.05, 3.63) is 33.8 Å². The molecule has 3 rings (SSSR count). The Morgan fingerprint density at radius 1 is 1.25 bits per heavy atom. The molecule has 1 aromatic carbocycles. The number of benzene rings is 1. The lowest BCUT2D eigenvalue weighted by molar-refractivity contribution is 0.0661. The minimum atomic E-state index is -3.46. The summed E-state index contributed by atoms with van der Waals surface area (Å²) in [5, 5.41) is 3.73. The van der Waals surface area contributed by atoms with Gasteiger partial charge in [0.15, 0.2) is 0 Å². The lowest BCUT2D eigenvalue weighted by Gasteiger charge is -2.48. The van der Waals surface area contributed by atoms with Crippen LogP contribution >= 0.6 is 23.2 Å². The third kappa shape index (κ3) is 5.81. The van der Waals surface area contributed by atoms with Gasteiger partial charge in [0.05, 0.1) is 23.0 Å². The van der Waals surface area contributed by atoms with Crippen LogP contribution in [0.15, 0.2) is 18.2 Å². The van der Waals surface area contributed by atoms with Crippen molar-refractivity contribution in [2.45, 2.75) is 44.6 Å². The zero-order chi connectivity index (χ0) is 20.4. The van der Waals surface area contributed by atoms with Gasteiger partial charge in [-0.3, -0.25) is 9.18 Å². The van der Waals surface area contributed by atoms with Crippen molar-refractivity contribution in [3.8, 4) is 0 Å². The third-order valence-electron chi connectivity index (χ3n) is 5.47. The van der Waals surface area contributed by atoms with Gasteiger partial charge in [-0.15, -0.1) is 0 Å². The molecule has 5 nitrogen and oxygen atoms in total. The lowest BCUT2D eigenvalue weighted by Crippen LogP contribution is -2.55. The van der Waals surface area contributed by atoms with Crippen LogP contribution in [0.25, 0.3) is 0 Å². The summed E-state index contributed by atoms with van der Waals surface area (Å²) in [6.07, 6.45) is 4.70. The van der Waals surface area contributed by atoms with E-state index in [1.807, 2.05) is 0 Å². The number of halogens is 3. The molecule has 156 valence electrons. The van der Waals surface area contributed by atoms with E-state index in [2.05, 4.69) is 10.0 Å². The first kappa shape index (κ1) is 21.8. The Kier molecular flexibility index (Phi) is 6.90. The van der Waals surface area contributed by atoms with Gasteiger partial charge in [-0.2, -0.15) is 0 Å². The molecule has 2 fully saturated rings. The van der Waals surface area contributed by atoms with Crippen LogP contribution in [-0.4, -0.2) is 39.3 Å². The molecule has 28 heavy (non-hydrogen) atoms. The number of rotatable bonds is 10. The highest BCUT2D eigenvalue weighted by Crippen LogP contribution is 2.51. The van der Waals surface area contributed by atoms with Crippen LogP contribution in [0, 0.1) is 11.3 Å². The highest BCUT2D eigenvalue weighted by Gasteiger charge is 2.48. The van der Waals surface area contributed by atoms with E-state index >= 15 is 0 Å².